The van der Waals surface area contributed by atoms with Crippen molar-refractivity contribution in [2.75, 3.05) is 5.32 Å². The minimum atomic E-state index is -1.02. The zero-order chi connectivity index (χ0) is 20.0. The van der Waals surface area contributed by atoms with Crippen LogP contribution in [0.15, 0.2) is 42.5 Å². The number of nitrogens with zero attached hydrogens (tertiary/aromatic N) is 1. The van der Waals surface area contributed by atoms with Gasteiger partial charge in [-0.15, -0.1) is 0 Å². The number of halogens is 2. The van der Waals surface area contributed by atoms with Gasteiger partial charge in [0.15, 0.2) is 22.8 Å². The third kappa shape index (κ3) is 5.76. The van der Waals surface area contributed by atoms with E-state index < -0.39 is 22.8 Å². The molecule has 0 saturated carbocycles. The molecule has 2 aromatic rings. The largest absolute Gasteiger partial charge is 0.478 e. The highest BCUT2D eigenvalue weighted by molar-refractivity contribution is 7.80. The van der Waals surface area contributed by atoms with Crippen LogP contribution < -0.4 is 20.9 Å². The molecule has 0 aliphatic rings. The highest BCUT2D eigenvalue weighted by Crippen LogP contribution is 2.26. The topological polar surface area (TPSA) is 106 Å². The zero-order valence-electron chi connectivity index (χ0n) is 13.9. The van der Waals surface area contributed by atoms with Crippen LogP contribution in [0, 0.1) is 15.9 Å². The van der Waals surface area contributed by atoms with E-state index in [2.05, 4.69) is 16.2 Å². The number of hydrogen-bond donors (Lipinski definition) is 3. The number of rotatable bonds is 5. The van der Waals surface area contributed by atoms with Gasteiger partial charge in [-0.3, -0.25) is 25.8 Å². The molecular formula is C16H14ClFN4O4S. The summed E-state index contributed by atoms with van der Waals surface area (Å²) in [6, 6.07) is 9.45. The van der Waals surface area contributed by atoms with Gasteiger partial charge in [-0.1, -0.05) is 23.7 Å². The van der Waals surface area contributed by atoms with Crippen LogP contribution in [-0.4, -0.2) is 22.0 Å². The number of carbonyl (C=O) groups excluding carboxylic acids is 1. The summed E-state index contributed by atoms with van der Waals surface area (Å²) < 4.78 is 18.8. The molecule has 0 fully saturated rings. The van der Waals surface area contributed by atoms with E-state index in [1.165, 1.54) is 43.3 Å². The first-order valence-corrected chi connectivity index (χ1v) is 8.28. The summed E-state index contributed by atoms with van der Waals surface area (Å²) in [6.45, 7) is 1.43. The predicted octanol–water partition coefficient (Wildman–Crippen LogP) is 3.17. The molecule has 0 bridgehead atoms. The number of hydrazine groups is 1. The lowest BCUT2D eigenvalue weighted by Crippen LogP contribution is -2.48. The van der Waals surface area contributed by atoms with Gasteiger partial charge < -0.3 is 10.1 Å². The van der Waals surface area contributed by atoms with Crippen molar-refractivity contribution in [2.24, 2.45) is 0 Å². The fourth-order valence-electron chi connectivity index (χ4n) is 1.88. The lowest BCUT2D eigenvalue weighted by molar-refractivity contribution is -0.384. The normalized spacial score (nSPS) is 11.2. The van der Waals surface area contributed by atoms with Crippen LogP contribution in [0.2, 0.25) is 5.02 Å². The molecular weight excluding hydrogens is 399 g/mol. The number of ether oxygens (including phenoxy) is 1. The summed E-state index contributed by atoms with van der Waals surface area (Å²) in [5.74, 6) is -1.28. The lowest BCUT2D eigenvalue weighted by Gasteiger charge is -2.17. The van der Waals surface area contributed by atoms with Crippen molar-refractivity contribution in [1.29, 1.82) is 0 Å². The second kappa shape index (κ2) is 9.10. The van der Waals surface area contributed by atoms with Crippen molar-refractivity contribution in [3.63, 3.8) is 0 Å². The summed E-state index contributed by atoms with van der Waals surface area (Å²) in [5, 5.41) is 13.6. The monoisotopic (exact) mass is 412 g/mol. The van der Waals surface area contributed by atoms with Gasteiger partial charge in [0.1, 0.15) is 0 Å². The zero-order valence-corrected chi connectivity index (χ0v) is 15.4. The van der Waals surface area contributed by atoms with E-state index in [1.54, 1.807) is 6.07 Å². The Hall–Kier alpha value is -2.98. The van der Waals surface area contributed by atoms with Crippen LogP contribution >= 0.6 is 23.8 Å². The summed E-state index contributed by atoms with van der Waals surface area (Å²) in [6.07, 6.45) is -1.02. The smallest absolute Gasteiger partial charge is 0.279 e. The number of nitrogens with one attached hydrogen (secondary N) is 3. The number of carbonyl (C=O) groups is 1. The number of amides is 1. The molecule has 0 spiro atoms. The van der Waals surface area contributed by atoms with Crippen LogP contribution in [0.1, 0.15) is 6.92 Å². The SMILES string of the molecule is C[C@@H](Oc1ccccc1F)C(=O)NNC(=S)Nc1cc([N+](=O)[O-])ccc1Cl. The molecule has 1 atom stereocenters. The van der Waals surface area contributed by atoms with Crippen molar-refractivity contribution >= 4 is 46.2 Å². The fraction of sp³-hybridized carbons (Fsp3) is 0.125. The molecule has 0 saturated heterocycles. The summed E-state index contributed by atoms with van der Waals surface area (Å²) in [4.78, 5) is 22.2. The first-order chi connectivity index (χ1) is 12.8. The van der Waals surface area contributed by atoms with Crippen LogP contribution in [0.4, 0.5) is 15.8 Å². The Kier molecular flexibility index (Phi) is 6.85. The summed E-state index contributed by atoms with van der Waals surface area (Å²) in [5.41, 5.74) is 4.70. The molecule has 0 aliphatic carbocycles. The molecule has 2 aromatic carbocycles. The van der Waals surface area contributed by atoms with Gasteiger partial charge in [-0.05, 0) is 37.3 Å². The van der Waals surface area contributed by atoms with Gasteiger partial charge in [0, 0.05) is 12.1 Å². The maximum atomic E-state index is 13.5. The average molecular weight is 413 g/mol. The van der Waals surface area contributed by atoms with Crippen LogP contribution in [-0.2, 0) is 4.79 Å². The Labute approximate surface area is 163 Å². The van der Waals surface area contributed by atoms with E-state index in [0.29, 0.717) is 0 Å². The third-order valence-electron chi connectivity index (χ3n) is 3.22. The molecule has 8 nitrogen and oxygen atoms in total. The van der Waals surface area contributed by atoms with Crippen molar-refractivity contribution in [3.8, 4) is 5.75 Å². The number of para-hydroxylation sites is 1. The van der Waals surface area contributed by atoms with Gasteiger partial charge in [0.05, 0.1) is 15.6 Å². The number of hydrogen-bond acceptors (Lipinski definition) is 5. The maximum Gasteiger partial charge on any atom is 0.279 e. The standard InChI is InChI=1S/C16H14ClFN4O4S/c1-9(26-14-5-3-2-4-12(14)18)15(23)20-21-16(27)19-13-8-10(22(24)25)6-7-11(13)17/h2-9H,1H3,(H,20,23)(H2,19,21,27)/t9-/m1/s1. The number of non-ortho nitro benzene ring substituents is 1. The Bertz CT molecular complexity index is 883. The van der Waals surface area contributed by atoms with Crippen LogP contribution in [0.3, 0.4) is 0 Å². The van der Waals surface area contributed by atoms with Gasteiger partial charge in [-0.2, -0.15) is 0 Å². The third-order valence-corrected chi connectivity index (χ3v) is 3.75. The van der Waals surface area contributed by atoms with E-state index >= 15 is 0 Å². The van der Waals surface area contributed by atoms with E-state index in [0.717, 1.165) is 0 Å². The van der Waals surface area contributed by atoms with Crippen molar-refractivity contribution in [2.45, 2.75) is 13.0 Å². The molecule has 0 radical (unpaired) electrons. The minimum absolute atomic E-state index is 0.0655. The number of thiocarbonyl (C=S) groups is 1. The van der Waals surface area contributed by atoms with Gasteiger partial charge in [-0.25, -0.2) is 4.39 Å². The second-order valence-electron chi connectivity index (χ2n) is 5.18. The molecule has 0 aromatic heterocycles. The number of nitro benzene ring substituents is 1. The molecule has 142 valence electrons. The molecule has 0 aliphatic heterocycles. The van der Waals surface area contributed by atoms with E-state index in [1.807, 2.05) is 0 Å². The van der Waals surface area contributed by atoms with E-state index in [-0.39, 0.29) is 27.3 Å². The average Bonchev–Trinajstić information content (AvgIpc) is 2.63. The predicted molar refractivity (Wildman–Crippen MR) is 102 cm³/mol. The van der Waals surface area contributed by atoms with E-state index in [4.69, 9.17) is 28.6 Å². The van der Waals surface area contributed by atoms with Crippen LogP contribution in [0.25, 0.3) is 0 Å². The number of anilines is 1. The van der Waals surface area contributed by atoms with Crippen molar-refractivity contribution in [3.05, 3.63) is 63.4 Å². The minimum Gasteiger partial charge on any atom is -0.478 e. The fourth-order valence-corrected chi connectivity index (χ4v) is 2.21. The summed E-state index contributed by atoms with van der Waals surface area (Å²) >= 11 is 10.9. The molecule has 27 heavy (non-hydrogen) atoms. The number of benzene rings is 2. The Balaban J connectivity index is 1.89. The van der Waals surface area contributed by atoms with E-state index in [9.17, 15) is 19.3 Å². The van der Waals surface area contributed by atoms with Crippen molar-refractivity contribution in [1.82, 2.24) is 10.9 Å². The van der Waals surface area contributed by atoms with Crippen molar-refractivity contribution < 1.29 is 18.8 Å². The van der Waals surface area contributed by atoms with Gasteiger partial charge in [0.25, 0.3) is 11.6 Å². The molecule has 2 rings (SSSR count). The molecule has 11 heteroatoms. The molecule has 0 heterocycles. The maximum absolute atomic E-state index is 13.5. The van der Waals surface area contributed by atoms with Crippen LogP contribution in [0.5, 0.6) is 5.75 Å². The first-order valence-electron chi connectivity index (χ1n) is 7.50. The first kappa shape index (κ1) is 20.3. The van der Waals surface area contributed by atoms with Gasteiger partial charge >= 0.3 is 0 Å². The highest BCUT2D eigenvalue weighted by atomic mass is 35.5. The Morgan fingerprint density at radius 3 is 2.67 bits per heavy atom. The Morgan fingerprint density at radius 2 is 2.00 bits per heavy atom. The molecule has 1 amide bonds. The lowest BCUT2D eigenvalue weighted by atomic mass is 10.3. The number of nitro groups is 1. The Morgan fingerprint density at radius 1 is 1.30 bits per heavy atom. The van der Waals surface area contributed by atoms with Gasteiger partial charge in [0.2, 0.25) is 0 Å². The molecule has 3 N–H and O–H groups in total. The molecule has 0 unspecified atom stereocenters. The second-order valence-corrected chi connectivity index (χ2v) is 6.00. The summed E-state index contributed by atoms with van der Waals surface area (Å²) in [7, 11) is 0. The quantitative estimate of drug-likeness (QED) is 0.393. The highest BCUT2D eigenvalue weighted by Gasteiger charge is 2.17.